The number of benzene rings is 2. The number of hydrogen-bond acceptors (Lipinski definition) is 5. The zero-order chi connectivity index (χ0) is 20.6. The summed E-state index contributed by atoms with van der Waals surface area (Å²) in [5.41, 5.74) is 0.179. The first kappa shape index (κ1) is 19.6. The Bertz CT molecular complexity index is 980. The summed E-state index contributed by atoms with van der Waals surface area (Å²) in [5, 5.41) is 2.83. The molecule has 3 amide bonds. The topological polar surface area (TPSA) is 77.1 Å². The van der Waals surface area contributed by atoms with Gasteiger partial charge in [0, 0.05) is 16.5 Å². The molecular formula is C21H21BrN2O5. The number of carbonyl (C=O) groups is 2. The molecule has 0 saturated carbocycles. The van der Waals surface area contributed by atoms with Gasteiger partial charge in [-0.2, -0.15) is 0 Å². The molecule has 2 aromatic rings. The second-order valence-electron chi connectivity index (χ2n) is 7.11. The second kappa shape index (κ2) is 7.59. The van der Waals surface area contributed by atoms with Crippen LogP contribution in [0.5, 0.6) is 17.2 Å². The van der Waals surface area contributed by atoms with E-state index in [1.54, 1.807) is 38.3 Å². The fourth-order valence-electron chi connectivity index (χ4n) is 3.55. The molecule has 0 bridgehead atoms. The summed E-state index contributed by atoms with van der Waals surface area (Å²) in [6.07, 6.45) is 0.791. The molecule has 2 heterocycles. The van der Waals surface area contributed by atoms with Crippen LogP contribution in [0, 0.1) is 0 Å². The van der Waals surface area contributed by atoms with Crippen molar-refractivity contribution in [3.05, 3.63) is 52.0 Å². The number of imide groups is 1. The number of hydrogen-bond donors (Lipinski definition) is 1. The number of amides is 3. The Morgan fingerprint density at radius 2 is 1.90 bits per heavy atom. The molecule has 1 saturated heterocycles. The lowest BCUT2D eigenvalue weighted by Gasteiger charge is -2.23. The highest BCUT2D eigenvalue weighted by molar-refractivity contribution is 9.10. The van der Waals surface area contributed by atoms with E-state index < -0.39 is 11.6 Å². The normalized spacial score (nSPS) is 21.0. The Morgan fingerprint density at radius 1 is 1.14 bits per heavy atom. The van der Waals surface area contributed by atoms with Gasteiger partial charge in [-0.05, 0) is 42.8 Å². The highest BCUT2D eigenvalue weighted by atomic mass is 79.9. The third kappa shape index (κ3) is 3.53. The van der Waals surface area contributed by atoms with Crippen LogP contribution in [0.1, 0.15) is 24.5 Å². The van der Waals surface area contributed by atoms with Gasteiger partial charge in [0.2, 0.25) is 0 Å². The minimum atomic E-state index is -1.19. The maximum atomic E-state index is 13.3. The molecule has 1 atom stereocenters. The zero-order valence-electron chi connectivity index (χ0n) is 16.2. The summed E-state index contributed by atoms with van der Waals surface area (Å²) in [5.74, 6) is 1.50. The largest absolute Gasteiger partial charge is 0.496 e. The zero-order valence-corrected chi connectivity index (χ0v) is 17.7. The number of nitrogens with one attached hydrogen (secondary N) is 1. The van der Waals surface area contributed by atoms with Crippen LogP contribution in [-0.4, -0.2) is 37.2 Å². The Balaban J connectivity index is 1.64. The fraction of sp³-hybridized carbons (Fsp3) is 0.333. The number of nitrogens with zero attached hydrogens (tertiary/aromatic N) is 1. The summed E-state index contributed by atoms with van der Waals surface area (Å²) >= 11 is 3.42. The molecule has 2 aliphatic rings. The molecule has 0 aromatic heterocycles. The molecule has 1 unspecified atom stereocenters. The predicted octanol–water partition coefficient (Wildman–Crippen LogP) is 3.59. The Hall–Kier alpha value is -2.74. The van der Waals surface area contributed by atoms with Gasteiger partial charge in [0.05, 0.1) is 26.9 Å². The average molecular weight is 461 g/mol. The Morgan fingerprint density at radius 3 is 2.66 bits per heavy atom. The van der Waals surface area contributed by atoms with E-state index in [1.807, 2.05) is 12.1 Å². The first-order valence-corrected chi connectivity index (χ1v) is 10.1. The van der Waals surface area contributed by atoms with Crippen molar-refractivity contribution in [2.24, 2.45) is 0 Å². The molecule has 0 radical (unpaired) electrons. The number of methoxy groups -OCH3 is 1. The average Bonchev–Trinajstić information content (AvgIpc) is 2.87. The van der Waals surface area contributed by atoms with Crippen molar-refractivity contribution in [3.63, 3.8) is 0 Å². The molecule has 4 rings (SSSR count). The lowest BCUT2D eigenvalue weighted by molar-refractivity contribution is -0.131. The maximum Gasteiger partial charge on any atom is 0.325 e. The number of fused-ring (bicyclic) bond motifs is 1. The minimum absolute atomic E-state index is 0.105. The number of urea groups is 1. The SMILES string of the molecule is COc1ccc(Br)cc1CN1C(=O)NC(C)(c2ccc3c(c2)OCCCO3)C1=O. The third-order valence-corrected chi connectivity index (χ3v) is 5.66. The van der Waals surface area contributed by atoms with Gasteiger partial charge in [0.15, 0.2) is 11.5 Å². The van der Waals surface area contributed by atoms with Crippen LogP contribution in [0.25, 0.3) is 0 Å². The molecule has 1 fully saturated rings. The fourth-order valence-corrected chi connectivity index (χ4v) is 3.96. The lowest BCUT2D eigenvalue weighted by Crippen LogP contribution is -2.40. The van der Waals surface area contributed by atoms with Crippen molar-refractivity contribution in [3.8, 4) is 17.2 Å². The van der Waals surface area contributed by atoms with Gasteiger partial charge < -0.3 is 19.5 Å². The van der Waals surface area contributed by atoms with Crippen molar-refractivity contribution in [2.75, 3.05) is 20.3 Å². The predicted molar refractivity (Wildman–Crippen MR) is 109 cm³/mol. The van der Waals surface area contributed by atoms with Gasteiger partial charge in [0.1, 0.15) is 11.3 Å². The van der Waals surface area contributed by atoms with Crippen LogP contribution in [0.3, 0.4) is 0 Å². The number of rotatable bonds is 4. The standard InChI is InChI=1S/C21H21BrN2O5/c1-21(14-4-6-17-18(11-14)29-9-3-8-28-17)19(25)24(20(26)23-21)12-13-10-15(22)5-7-16(13)27-2/h4-7,10-11H,3,8-9,12H2,1-2H3,(H,23,26). The van der Waals surface area contributed by atoms with Crippen molar-refractivity contribution < 1.29 is 23.8 Å². The van der Waals surface area contributed by atoms with Crippen LogP contribution < -0.4 is 19.5 Å². The number of ether oxygens (including phenoxy) is 3. The molecule has 1 N–H and O–H groups in total. The second-order valence-corrected chi connectivity index (χ2v) is 8.03. The summed E-state index contributed by atoms with van der Waals surface area (Å²) < 4.78 is 17.6. The van der Waals surface area contributed by atoms with Crippen LogP contribution in [0.2, 0.25) is 0 Å². The molecule has 29 heavy (non-hydrogen) atoms. The highest BCUT2D eigenvalue weighted by Gasteiger charge is 2.49. The minimum Gasteiger partial charge on any atom is -0.496 e. The number of halogens is 1. The van der Waals surface area contributed by atoms with Crippen molar-refractivity contribution in [2.45, 2.75) is 25.4 Å². The Labute approximate surface area is 177 Å². The van der Waals surface area contributed by atoms with Gasteiger partial charge in [-0.15, -0.1) is 0 Å². The van der Waals surface area contributed by atoms with E-state index in [4.69, 9.17) is 14.2 Å². The molecular weight excluding hydrogens is 440 g/mol. The number of carbonyl (C=O) groups excluding carboxylic acids is 2. The molecule has 7 nitrogen and oxygen atoms in total. The van der Waals surface area contributed by atoms with E-state index in [1.165, 1.54) is 4.90 Å². The van der Waals surface area contributed by atoms with E-state index in [2.05, 4.69) is 21.2 Å². The van der Waals surface area contributed by atoms with Crippen LogP contribution in [0.4, 0.5) is 4.79 Å². The molecule has 2 aliphatic heterocycles. The van der Waals surface area contributed by atoms with Crippen molar-refractivity contribution in [1.29, 1.82) is 0 Å². The maximum absolute atomic E-state index is 13.3. The summed E-state index contributed by atoms with van der Waals surface area (Å²) in [6, 6.07) is 10.4. The van der Waals surface area contributed by atoms with Gasteiger partial charge in [0.25, 0.3) is 5.91 Å². The van der Waals surface area contributed by atoms with Gasteiger partial charge in [-0.1, -0.05) is 22.0 Å². The van der Waals surface area contributed by atoms with Crippen molar-refractivity contribution in [1.82, 2.24) is 10.2 Å². The van der Waals surface area contributed by atoms with Crippen LogP contribution >= 0.6 is 15.9 Å². The molecule has 152 valence electrons. The molecule has 0 aliphatic carbocycles. The monoisotopic (exact) mass is 460 g/mol. The lowest BCUT2D eigenvalue weighted by atomic mass is 9.91. The molecule has 2 aromatic carbocycles. The van der Waals surface area contributed by atoms with E-state index in [0.717, 1.165) is 16.5 Å². The molecule has 8 heteroatoms. The van der Waals surface area contributed by atoms with Gasteiger partial charge in [-0.25, -0.2) is 4.79 Å². The van der Waals surface area contributed by atoms with Crippen LogP contribution in [-0.2, 0) is 16.9 Å². The third-order valence-electron chi connectivity index (χ3n) is 5.17. The van der Waals surface area contributed by atoms with E-state index in [0.29, 0.717) is 36.0 Å². The molecule has 0 spiro atoms. The van der Waals surface area contributed by atoms with E-state index >= 15 is 0 Å². The van der Waals surface area contributed by atoms with Gasteiger partial charge >= 0.3 is 6.03 Å². The smallest absolute Gasteiger partial charge is 0.325 e. The van der Waals surface area contributed by atoms with Crippen LogP contribution in [0.15, 0.2) is 40.9 Å². The van der Waals surface area contributed by atoms with E-state index in [9.17, 15) is 9.59 Å². The summed E-state index contributed by atoms with van der Waals surface area (Å²) in [7, 11) is 1.56. The first-order valence-electron chi connectivity index (χ1n) is 9.29. The van der Waals surface area contributed by atoms with Gasteiger partial charge in [-0.3, -0.25) is 9.69 Å². The highest BCUT2D eigenvalue weighted by Crippen LogP contribution is 2.37. The van der Waals surface area contributed by atoms with E-state index in [-0.39, 0.29) is 12.5 Å². The Kier molecular flexibility index (Phi) is 5.12. The quantitative estimate of drug-likeness (QED) is 0.705. The summed E-state index contributed by atoms with van der Waals surface area (Å²) in [6.45, 7) is 2.93. The first-order chi connectivity index (χ1) is 13.9. The summed E-state index contributed by atoms with van der Waals surface area (Å²) in [4.78, 5) is 27.2. The van der Waals surface area contributed by atoms with Crippen molar-refractivity contribution >= 4 is 27.9 Å².